The lowest BCUT2D eigenvalue weighted by molar-refractivity contribution is -0.116. The number of hydrogen-bond acceptors (Lipinski definition) is 3. The van der Waals surface area contributed by atoms with Gasteiger partial charge in [0, 0.05) is 45.8 Å². The molecular formula is C26H20Cl2FNO3. The molecule has 0 spiro atoms. The van der Waals surface area contributed by atoms with Crippen LogP contribution in [0.15, 0.2) is 71.4 Å². The Bertz CT molecular complexity index is 1360. The van der Waals surface area contributed by atoms with Gasteiger partial charge in [-0.3, -0.25) is 4.79 Å². The number of allylic oxidation sites excluding steroid dienone is 1. The molecule has 0 radical (unpaired) electrons. The van der Waals surface area contributed by atoms with Gasteiger partial charge in [-0.05, 0) is 48.4 Å². The van der Waals surface area contributed by atoms with Crippen LogP contribution in [0.25, 0.3) is 27.7 Å². The monoisotopic (exact) mass is 483 g/mol. The number of ether oxygens (including phenoxy) is 1. The van der Waals surface area contributed by atoms with Gasteiger partial charge in [0.15, 0.2) is 0 Å². The summed E-state index contributed by atoms with van der Waals surface area (Å²) in [6, 6.07) is 15.0. The first kappa shape index (κ1) is 22.9. The molecule has 3 aromatic carbocycles. The zero-order valence-electron chi connectivity index (χ0n) is 17.9. The molecule has 4 aromatic rings. The van der Waals surface area contributed by atoms with Crippen LogP contribution in [0.5, 0.6) is 5.75 Å². The Morgan fingerprint density at radius 3 is 2.55 bits per heavy atom. The summed E-state index contributed by atoms with van der Waals surface area (Å²) in [5, 5.41) is 4.69. The van der Waals surface area contributed by atoms with Gasteiger partial charge in [0.1, 0.15) is 17.1 Å². The van der Waals surface area contributed by atoms with Gasteiger partial charge in [-0.25, -0.2) is 4.39 Å². The molecule has 4 rings (SSSR count). The molecule has 4 nitrogen and oxygen atoms in total. The van der Waals surface area contributed by atoms with Gasteiger partial charge >= 0.3 is 0 Å². The zero-order chi connectivity index (χ0) is 23.5. The number of hydrogen-bond donors (Lipinski definition) is 1. The third kappa shape index (κ3) is 5.05. The van der Waals surface area contributed by atoms with E-state index in [1.165, 1.54) is 18.2 Å². The van der Waals surface area contributed by atoms with Crippen LogP contribution in [0.3, 0.4) is 0 Å². The van der Waals surface area contributed by atoms with Gasteiger partial charge in [-0.15, -0.1) is 0 Å². The van der Waals surface area contributed by atoms with E-state index in [9.17, 15) is 9.18 Å². The Balaban J connectivity index is 1.65. The number of amides is 1. The van der Waals surface area contributed by atoms with Crippen molar-refractivity contribution < 1.29 is 18.3 Å². The number of nitrogens with one attached hydrogen (secondary N) is 1. The molecule has 0 atom stereocenters. The molecule has 0 unspecified atom stereocenters. The van der Waals surface area contributed by atoms with Crippen molar-refractivity contribution in [3.05, 3.63) is 93.9 Å². The van der Waals surface area contributed by atoms with E-state index < -0.39 is 0 Å². The largest absolute Gasteiger partial charge is 0.496 e. The first-order chi connectivity index (χ1) is 15.9. The topological polar surface area (TPSA) is 51.5 Å². The summed E-state index contributed by atoms with van der Waals surface area (Å²) >= 11 is 12.4. The Morgan fingerprint density at radius 2 is 1.85 bits per heavy atom. The number of carbonyl (C=O) groups excluding carboxylic acids is 1. The van der Waals surface area contributed by atoms with Crippen molar-refractivity contribution in [1.29, 1.82) is 0 Å². The van der Waals surface area contributed by atoms with Gasteiger partial charge < -0.3 is 14.5 Å². The second-order valence-electron chi connectivity index (χ2n) is 7.49. The molecule has 0 saturated heterocycles. The Hall–Kier alpha value is -3.28. The molecule has 0 bridgehead atoms. The molecule has 1 N–H and O–H groups in total. The van der Waals surface area contributed by atoms with Gasteiger partial charge in [0.05, 0.1) is 18.4 Å². The number of methoxy groups -OCH3 is 1. The average Bonchev–Trinajstić information content (AvgIpc) is 3.20. The van der Waals surface area contributed by atoms with Crippen LogP contribution < -0.4 is 10.1 Å². The molecule has 0 saturated carbocycles. The minimum Gasteiger partial charge on any atom is -0.496 e. The van der Waals surface area contributed by atoms with Crippen LogP contribution in [0.1, 0.15) is 18.1 Å². The standard InChI is InChI=1S/C26H20Cl2FNO3/c1-15(9-26(31)30-13-16-3-6-18(29)7-4-16)20-11-21-22(14-33-25(21)12-24(20)32-2)19-8-5-17(27)10-23(19)28/h3-12,14H,13H2,1-2H3,(H,30,31)/b15-9+. The lowest BCUT2D eigenvalue weighted by Gasteiger charge is -2.11. The Morgan fingerprint density at radius 1 is 1.09 bits per heavy atom. The molecule has 0 aliphatic carbocycles. The van der Waals surface area contributed by atoms with E-state index in [1.807, 2.05) is 19.1 Å². The minimum absolute atomic E-state index is 0.271. The van der Waals surface area contributed by atoms with Crippen LogP contribution in [0.2, 0.25) is 10.0 Å². The lowest BCUT2D eigenvalue weighted by Crippen LogP contribution is -2.20. The van der Waals surface area contributed by atoms with E-state index in [0.717, 1.165) is 27.6 Å². The molecule has 0 fully saturated rings. The van der Waals surface area contributed by atoms with E-state index >= 15 is 0 Å². The third-order valence-corrected chi connectivity index (χ3v) is 5.82. The minimum atomic E-state index is -0.318. The van der Waals surface area contributed by atoms with Crippen LogP contribution in [0.4, 0.5) is 4.39 Å². The number of halogens is 3. The number of carbonyl (C=O) groups is 1. The number of benzene rings is 3. The molecule has 1 heterocycles. The highest BCUT2D eigenvalue weighted by Crippen LogP contribution is 2.40. The molecule has 0 aliphatic heterocycles. The second kappa shape index (κ2) is 9.69. The number of rotatable bonds is 6. The summed E-state index contributed by atoms with van der Waals surface area (Å²) in [5.41, 5.74) is 4.48. The van der Waals surface area contributed by atoms with Gasteiger partial charge in [-0.2, -0.15) is 0 Å². The fraction of sp³-hybridized carbons (Fsp3) is 0.115. The second-order valence-corrected chi connectivity index (χ2v) is 8.34. The third-order valence-electron chi connectivity index (χ3n) is 5.27. The summed E-state index contributed by atoms with van der Waals surface area (Å²) in [4.78, 5) is 12.5. The maximum Gasteiger partial charge on any atom is 0.244 e. The van der Waals surface area contributed by atoms with Crippen molar-refractivity contribution in [3.8, 4) is 16.9 Å². The van der Waals surface area contributed by atoms with Crippen molar-refractivity contribution >= 4 is 45.7 Å². The van der Waals surface area contributed by atoms with Crippen molar-refractivity contribution in [2.75, 3.05) is 7.11 Å². The van der Waals surface area contributed by atoms with Gasteiger partial charge in [0.25, 0.3) is 0 Å². The van der Waals surface area contributed by atoms with E-state index in [0.29, 0.717) is 33.5 Å². The molecule has 33 heavy (non-hydrogen) atoms. The highest BCUT2D eigenvalue weighted by Gasteiger charge is 2.16. The fourth-order valence-electron chi connectivity index (χ4n) is 3.57. The SMILES string of the molecule is COc1cc2occ(-c3ccc(Cl)cc3Cl)c2cc1/C(C)=C/C(=O)NCc1ccc(F)cc1. The molecule has 168 valence electrons. The maximum atomic E-state index is 13.1. The summed E-state index contributed by atoms with van der Waals surface area (Å²) in [6.07, 6.45) is 3.14. The quantitative estimate of drug-likeness (QED) is 0.293. The van der Waals surface area contributed by atoms with Gasteiger partial charge in [0.2, 0.25) is 5.91 Å². The predicted octanol–water partition coefficient (Wildman–Crippen LogP) is 7.27. The summed E-state index contributed by atoms with van der Waals surface area (Å²) in [5.74, 6) is -0.0142. The maximum absolute atomic E-state index is 13.1. The first-order valence-corrected chi connectivity index (χ1v) is 10.9. The lowest BCUT2D eigenvalue weighted by atomic mass is 9.99. The van der Waals surface area contributed by atoms with Crippen molar-refractivity contribution in [2.45, 2.75) is 13.5 Å². The van der Waals surface area contributed by atoms with Crippen molar-refractivity contribution in [1.82, 2.24) is 5.32 Å². The van der Waals surface area contributed by atoms with Crippen LogP contribution in [-0.2, 0) is 11.3 Å². The van der Waals surface area contributed by atoms with E-state index in [4.69, 9.17) is 32.4 Å². The number of fused-ring (bicyclic) bond motifs is 1. The summed E-state index contributed by atoms with van der Waals surface area (Å²) in [7, 11) is 1.56. The summed E-state index contributed by atoms with van der Waals surface area (Å²) < 4.78 is 24.3. The molecular weight excluding hydrogens is 464 g/mol. The normalized spacial score (nSPS) is 11.6. The molecule has 7 heteroatoms. The zero-order valence-corrected chi connectivity index (χ0v) is 19.4. The van der Waals surface area contributed by atoms with Crippen molar-refractivity contribution in [2.24, 2.45) is 0 Å². The van der Waals surface area contributed by atoms with Crippen LogP contribution in [-0.4, -0.2) is 13.0 Å². The van der Waals surface area contributed by atoms with E-state index in [-0.39, 0.29) is 11.7 Å². The van der Waals surface area contributed by atoms with Crippen LogP contribution in [0, 0.1) is 5.82 Å². The van der Waals surface area contributed by atoms with Crippen LogP contribution >= 0.6 is 23.2 Å². The highest BCUT2D eigenvalue weighted by atomic mass is 35.5. The van der Waals surface area contributed by atoms with E-state index in [1.54, 1.807) is 43.7 Å². The highest BCUT2D eigenvalue weighted by molar-refractivity contribution is 6.36. The molecule has 1 aromatic heterocycles. The smallest absolute Gasteiger partial charge is 0.244 e. The number of furan rings is 1. The first-order valence-electron chi connectivity index (χ1n) is 10.1. The molecule has 1 amide bonds. The molecule has 0 aliphatic rings. The Kier molecular flexibility index (Phi) is 6.72. The van der Waals surface area contributed by atoms with Crippen molar-refractivity contribution in [3.63, 3.8) is 0 Å². The Labute approximate surface area is 200 Å². The fourth-order valence-corrected chi connectivity index (χ4v) is 4.08. The average molecular weight is 484 g/mol. The predicted molar refractivity (Wildman–Crippen MR) is 130 cm³/mol. The summed E-state index contributed by atoms with van der Waals surface area (Å²) in [6.45, 7) is 2.12. The van der Waals surface area contributed by atoms with Gasteiger partial charge in [-0.1, -0.05) is 41.4 Å². The van der Waals surface area contributed by atoms with E-state index in [2.05, 4.69) is 5.32 Å².